The minimum absolute atomic E-state index is 0.256. The molecule has 0 aliphatic rings. The maximum Gasteiger partial charge on any atom is 0.229 e. The van der Waals surface area contributed by atoms with Gasteiger partial charge >= 0.3 is 0 Å². The maximum atomic E-state index is 11.5. The Morgan fingerprint density at radius 1 is 1.31 bits per heavy atom. The molecule has 0 spiro atoms. The Hall–Kier alpha value is -2.85. The van der Waals surface area contributed by atoms with Crippen LogP contribution in [0.5, 0.6) is 0 Å². The first-order valence-corrected chi connectivity index (χ1v) is 10.2. The van der Waals surface area contributed by atoms with Crippen LogP contribution in [0.1, 0.15) is 32.0 Å². The minimum atomic E-state index is -3.34. The van der Waals surface area contributed by atoms with E-state index >= 15 is 0 Å². The second-order valence-electron chi connectivity index (χ2n) is 6.36. The zero-order chi connectivity index (χ0) is 18.9. The lowest BCUT2D eigenvalue weighted by Crippen LogP contribution is -2.09. The van der Waals surface area contributed by atoms with Crippen LogP contribution in [0, 0.1) is 11.3 Å². The molecule has 1 atom stereocenters. The first-order chi connectivity index (χ1) is 12.3. The third kappa shape index (κ3) is 3.55. The van der Waals surface area contributed by atoms with Crippen molar-refractivity contribution in [3.63, 3.8) is 0 Å². The number of hydrogen-bond donors (Lipinski definition) is 1. The van der Waals surface area contributed by atoms with E-state index < -0.39 is 10.0 Å². The van der Waals surface area contributed by atoms with E-state index in [0.29, 0.717) is 11.4 Å². The van der Waals surface area contributed by atoms with Gasteiger partial charge in [0.1, 0.15) is 11.8 Å². The Kier molecular flexibility index (Phi) is 4.70. The molecule has 0 amide bonds. The molecule has 7 heteroatoms. The Morgan fingerprint density at radius 3 is 2.65 bits per heavy atom. The fraction of sp³-hybridized carbons (Fsp3) is 0.263. The fourth-order valence-corrected chi connectivity index (χ4v) is 3.49. The molecule has 0 saturated carbocycles. The Bertz CT molecular complexity index is 1090. The number of nitrogens with zero attached hydrogens (tertiary/aromatic N) is 3. The number of hydrogen-bond acceptors (Lipinski definition) is 4. The molecule has 1 unspecified atom stereocenters. The van der Waals surface area contributed by atoms with Crippen molar-refractivity contribution in [3.05, 3.63) is 48.4 Å². The lowest BCUT2D eigenvalue weighted by Gasteiger charge is -2.13. The summed E-state index contributed by atoms with van der Waals surface area (Å²) in [6, 6.07) is 11.4. The SMILES string of the molecule is CCC(C)n1cc(-c2ccc(C#N)nc2)c2ccc(NS(C)(=O)=O)cc21. The number of sulfonamides is 1. The normalized spacial score (nSPS) is 12.7. The molecular formula is C19H20N4O2S. The predicted molar refractivity (Wildman–Crippen MR) is 103 cm³/mol. The fourth-order valence-electron chi connectivity index (χ4n) is 2.94. The molecule has 6 nitrogen and oxygen atoms in total. The van der Waals surface area contributed by atoms with Crippen LogP contribution >= 0.6 is 0 Å². The number of benzene rings is 1. The van der Waals surface area contributed by atoms with E-state index in [2.05, 4.69) is 34.3 Å². The summed E-state index contributed by atoms with van der Waals surface area (Å²) < 4.78 is 27.8. The lowest BCUT2D eigenvalue weighted by molar-refractivity contribution is 0.548. The van der Waals surface area contributed by atoms with Crippen molar-refractivity contribution >= 4 is 26.6 Å². The molecule has 0 saturated heterocycles. The van der Waals surface area contributed by atoms with Gasteiger partial charge in [-0.15, -0.1) is 0 Å². The minimum Gasteiger partial charge on any atom is -0.344 e. The van der Waals surface area contributed by atoms with Gasteiger partial charge in [-0.2, -0.15) is 5.26 Å². The van der Waals surface area contributed by atoms with Crippen molar-refractivity contribution in [3.8, 4) is 17.2 Å². The number of fused-ring (bicyclic) bond motifs is 1. The Labute approximate surface area is 153 Å². The van der Waals surface area contributed by atoms with Gasteiger partial charge in [0.2, 0.25) is 10.0 Å². The van der Waals surface area contributed by atoms with Crippen molar-refractivity contribution in [2.45, 2.75) is 26.3 Å². The van der Waals surface area contributed by atoms with Crippen LogP contribution in [0.15, 0.2) is 42.7 Å². The van der Waals surface area contributed by atoms with Crippen LogP contribution in [0.25, 0.3) is 22.0 Å². The average molecular weight is 368 g/mol. The number of aromatic nitrogens is 2. The number of pyridine rings is 1. The van der Waals surface area contributed by atoms with E-state index in [1.807, 2.05) is 24.3 Å². The molecule has 0 fully saturated rings. The molecule has 26 heavy (non-hydrogen) atoms. The molecule has 3 rings (SSSR count). The first-order valence-electron chi connectivity index (χ1n) is 8.31. The zero-order valence-electron chi connectivity index (χ0n) is 14.9. The van der Waals surface area contributed by atoms with E-state index in [9.17, 15) is 8.42 Å². The Morgan fingerprint density at radius 2 is 2.08 bits per heavy atom. The van der Waals surface area contributed by atoms with Gasteiger partial charge in [0.15, 0.2) is 0 Å². The summed E-state index contributed by atoms with van der Waals surface area (Å²) in [5, 5.41) is 9.94. The van der Waals surface area contributed by atoms with Gasteiger partial charge in [0, 0.05) is 34.9 Å². The van der Waals surface area contributed by atoms with Gasteiger partial charge in [0.25, 0.3) is 0 Å². The quantitative estimate of drug-likeness (QED) is 0.739. The molecule has 1 N–H and O–H groups in total. The smallest absolute Gasteiger partial charge is 0.229 e. The van der Waals surface area contributed by atoms with E-state index in [-0.39, 0.29) is 6.04 Å². The number of anilines is 1. The van der Waals surface area contributed by atoms with Gasteiger partial charge in [-0.3, -0.25) is 4.72 Å². The van der Waals surface area contributed by atoms with E-state index in [1.54, 1.807) is 18.3 Å². The Balaban J connectivity index is 2.19. The van der Waals surface area contributed by atoms with Crippen LogP contribution in [-0.2, 0) is 10.0 Å². The maximum absolute atomic E-state index is 11.5. The van der Waals surface area contributed by atoms with Crippen LogP contribution < -0.4 is 4.72 Å². The van der Waals surface area contributed by atoms with Crippen molar-refractivity contribution in [1.29, 1.82) is 5.26 Å². The van der Waals surface area contributed by atoms with Crippen LogP contribution in [0.2, 0.25) is 0 Å². The van der Waals surface area contributed by atoms with Crippen molar-refractivity contribution in [1.82, 2.24) is 9.55 Å². The van der Waals surface area contributed by atoms with Crippen LogP contribution in [0.4, 0.5) is 5.69 Å². The molecule has 0 bridgehead atoms. The molecule has 0 aliphatic heterocycles. The third-order valence-corrected chi connectivity index (χ3v) is 5.00. The standard InChI is InChI=1S/C19H20N4O2S/c1-4-13(2)23-12-18(14-5-6-16(10-20)21-11-14)17-8-7-15(9-19(17)23)22-26(3,24)25/h5-9,11-13,22H,4H2,1-3H3. The van der Waals surface area contributed by atoms with Gasteiger partial charge in [-0.05, 0) is 37.6 Å². The molecule has 2 heterocycles. The molecule has 2 aromatic heterocycles. The number of nitriles is 1. The lowest BCUT2D eigenvalue weighted by atomic mass is 10.1. The summed E-state index contributed by atoms with van der Waals surface area (Å²) >= 11 is 0. The highest BCUT2D eigenvalue weighted by Gasteiger charge is 2.15. The summed E-state index contributed by atoms with van der Waals surface area (Å²) in [6.45, 7) is 4.23. The van der Waals surface area contributed by atoms with E-state index in [0.717, 1.165) is 34.7 Å². The molecule has 3 aromatic rings. The van der Waals surface area contributed by atoms with Gasteiger partial charge < -0.3 is 4.57 Å². The zero-order valence-corrected chi connectivity index (χ0v) is 15.7. The average Bonchev–Trinajstić information content (AvgIpc) is 2.98. The van der Waals surface area contributed by atoms with Crippen LogP contribution in [0.3, 0.4) is 0 Å². The topological polar surface area (TPSA) is 87.8 Å². The summed E-state index contributed by atoms with van der Waals surface area (Å²) in [5.41, 5.74) is 3.78. The third-order valence-electron chi connectivity index (χ3n) is 4.39. The van der Waals surface area contributed by atoms with E-state index in [1.165, 1.54) is 0 Å². The van der Waals surface area contributed by atoms with E-state index in [4.69, 9.17) is 5.26 Å². The molecule has 134 valence electrons. The second-order valence-corrected chi connectivity index (χ2v) is 8.11. The summed E-state index contributed by atoms with van der Waals surface area (Å²) in [6.07, 6.45) is 5.83. The van der Waals surface area contributed by atoms with Crippen LogP contribution in [-0.4, -0.2) is 24.2 Å². The molecule has 0 aliphatic carbocycles. The highest BCUT2D eigenvalue weighted by atomic mass is 32.2. The van der Waals surface area contributed by atoms with Crippen molar-refractivity contribution < 1.29 is 8.42 Å². The predicted octanol–water partition coefficient (Wildman–Crippen LogP) is 3.92. The van der Waals surface area contributed by atoms with Gasteiger partial charge in [-0.1, -0.05) is 13.0 Å². The number of nitrogens with one attached hydrogen (secondary N) is 1. The van der Waals surface area contributed by atoms with Gasteiger partial charge in [0.05, 0.1) is 17.5 Å². The molecule has 1 aromatic carbocycles. The largest absolute Gasteiger partial charge is 0.344 e. The number of rotatable bonds is 5. The summed E-state index contributed by atoms with van der Waals surface area (Å²) in [4.78, 5) is 4.16. The van der Waals surface area contributed by atoms with Gasteiger partial charge in [-0.25, -0.2) is 13.4 Å². The molecular weight excluding hydrogens is 348 g/mol. The highest BCUT2D eigenvalue weighted by molar-refractivity contribution is 7.92. The van der Waals surface area contributed by atoms with Crippen molar-refractivity contribution in [2.24, 2.45) is 0 Å². The summed E-state index contributed by atoms with van der Waals surface area (Å²) in [5.74, 6) is 0. The summed E-state index contributed by atoms with van der Waals surface area (Å²) in [7, 11) is -3.34. The monoisotopic (exact) mass is 368 g/mol. The highest BCUT2D eigenvalue weighted by Crippen LogP contribution is 2.34. The first kappa shape index (κ1) is 18.0. The van der Waals surface area contributed by atoms with Crippen molar-refractivity contribution in [2.75, 3.05) is 11.0 Å². The molecule has 0 radical (unpaired) electrons. The second kappa shape index (κ2) is 6.81.